The topological polar surface area (TPSA) is 67.2 Å². The van der Waals surface area contributed by atoms with E-state index in [1.54, 1.807) is 4.90 Å². The predicted molar refractivity (Wildman–Crippen MR) is 139 cm³/mol. The first-order valence-corrected chi connectivity index (χ1v) is 12.5. The first-order valence-electron chi connectivity index (χ1n) is 12.5. The minimum atomic E-state index is -1.09. The van der Waals surface area contributed by atoms with Gasteiger partial charge in [-0.1, -0.05) is 61.9 Å². The number of halogens is 2. The largest absolute Gasteiger partial charge is 0.322 e. The maximum atomic E-state index is 14.0. The third-order valence-electron chi connectivity index (χ3n) is 7.00. The molecule has 2 atom stereocenters. The molecule has 2 unspecified atom stereocenters. The first-order chi connectivity index (χ1) is 17.9. The Labute approximate surface area is 213 Å². The molecule has 190 valence electrons. The fraction of sp³-hybridized carbons (Fsp3) is 0.276. The molecule has 0 radical (unpaired) electrons. The number of urea groups is 1. The number of hydrogen-bond donors (Lipinski definition) is 1. The van der Waals surface area contributed by atoms with Crippen molar-refractivity contribution in [3.05, 3.63) is 106 Å². The molecule has 2 amide bonds. The zero-order valence-electron chi connectivity index (χ0n) is 20.7. The Morgan fingerprint density at radius 2 is 1.81 bits per heavy atom. The number of aromatic nitrogens is 2. The maximum Gasteiger partial charge on any atom is 0.322 e. The van der Waals surface area contributed by atoms with E-state index in [0.717, 1.165) is 41.8 Å². The van der Waals surface area contributed by atoms with Gasteiger partial charge in [0.25, 0.3) is 5.56 Å². The number of amides is 2. The normalized spacial score (nSPS) is 15.4. The molecular formula is C29H28F2N4O2. The fourth-order valence-corrected chi connectivity index (χ4v) is 5.14. The Morgan fingerprint density at radius 1 is 1.11 bits per heavy atom. The average molecular weight is 503 g/mol. The molecule has 8 heteroatoms. The van der Waals surface area contributed by atoms with E-state index in [4.69, 9.17) is 0 Å². The van der Waals surface area contributed by atoms with Crippen molar-refractivity contribution in [3.8, 4) is 0 Å². The molecule has 5 rings (SSSR count). The van der Waals surface area contributed by atoms with Crippen LogP contribution in [-0.2, 0) is 13.0 Å². The van der Waals surface area contributed by atoms with Crippen molar-refractivity contribution in [2.75, 3.05) is 5.32 Å². The zero-order valence-corrected chi connectivity index (χ0v) is 20.7. The van der Waals surface area contributed by atoms with Gasteiger partial charge >= 0.3 is 6.03 Å². The number of nitrogens with zero attached hydrogens (tertiary/aromatic N) is 3. The van der Waals surface area contributed by atoms with Crippen LogP contribution < -0.4 is 10.9 Å². The summed E-state index contributed by atoms with van der Waals surface area (Å²) in [4.78, 5) is 33.4. The van der Waals surface area contributed by atoms with Crippen molar-refractivity contribution >= 4 is 22.6 Å². The van der Waals surface area contributed by atoms with Crippen molar-refractivity contribution in [2.24, 2.45) is 0 Å². The average Bonchev–Trinajstić information content (AvgIpc) is 3.31. The summed E-state index contributed by atoms with van der Waals surface area (Å²) in [5.41, 5.74) is 2.33. The zero-order chi connectivity index (χ0) is 26.1. The molecule has 37 heavy (non-hydrogen) atoms. The fourth-order valence-electron chi connectivity index (χ4n) is 5.14. The van der Waals surface area contributed by atoms with Gasteiger partial charge in [-0.15, -0.1) is 0 Å². The molecule has 4 aromatic rings. The monoisotopic (exact) mass is 502 g/mol. The molecular weight excluding hydrogens is 474 g/mol. The lowest BCUT2D eigenvalue weighted by Gasteiger charge is -2.34. The third kappa shape index (κ3) is 4.59. The van der Waals surface area contributed by atoms with Crippen molar-refractivity contribution in [1.82, 2.24) is 14.5 Å². The Hall–Kier alpha value is -4.07. The highest BCUT2D eigenvalue weighted by molar-refractivity contribution is 5.91. The molecule has 0 fully saturated rings. The van der Waals surface area contributed by atoms with Crippen molar-refractivity contribution in [1.29, 1.82) is 0 Å². The van der Waals surface area contributed by atoms with Crippen molar-refractivity contribution in [2.45, 2.75) is 51.7 Å². The number of benzene rings is 3. The lowest BCUT2D eigenvalue weighted by Crippen LogP contribution is -2.40. The minimum Gasteiger partial charge on any atom is -0.308 e. The number of aryl methyl sites for hydroxylation is 1. The SMILES string of the molecule is CCCc1ccccc1NC(=O)N(C(C)c1ccccc1)C1CCn2c1nc1cc(F)c(F)cc1c2=O. The van der Waals surface area contributed by atoms with Gasteiger partial charge in [0.05, 0.1) is 23.0 Å². The predicted octanol–water partition coefficient (Wildman–Crippen LogP) is 6.37. The Balaban J connectivity index is 1.59. The quantitative estimate of drug-likeness (QED) is 0.333. The first kappa shape index (κ1) is 24.6. The van der Waals surface area contributed by atoms with E-state index in [1.807, 2.05) is 61.5 Å². The van der Waals surface area contributed by atoms with Gasteiger partial charge in [-0.3, -0.25) is 9.36 Å². The summed E-state index contributed by atoms with van der Waals surface area (Å²) in [5.74, 6) is -1.80. The second-order valence-corrected chi connectivity index (χ2v) is 9.35. The number of fused-ring (bicyclic) bond motifs is 2. The summed E-state index contributed by atoms with van der Waals surface area (Å²) in [6.45, 7) is 4.34. The van der Waals surface area contributed by atoms with Crippen LogP contribution >= 0.6 is 0 Å². The van der Waals surface area contributed by atoms with E-state index in [9.17, 15) is 18.4 Å². The second-order valence-electron chi connectivity index (χ2n) is 9.35. The van der Waals surface area contributed by atoms with Crippen LogP contribution in [0.1, 0.15) is 55.7 Å². The number of anilines is 1. The summed E-state index contributed by atoms with van der Waals surface area (Å²) in [7, 11) is 0. The summed E-state index contributed by atoms with van der Waals surface area (Å²) < 4.78 is 29.3. The van der Waals surface area contributed by atoms with Gasteiger partial charge in [-0.2, -0.15) is 0 Å². The number of carbonyl (C=O) groups excluding carboxylic acids is 1. The van der Waals surface area contributed by atoms with E-state index >= 15 is 0 Å². The molecule has 6 nitrogen and oxygen atoms in total. The molecule has 1 N–H and O–H groups in total. The van der Waals surface area contributed by atoms with E-state index in [1.165, 1.54) is 4.57 Å². The maximum absolute atomic E-state index is 14.0. The highest BCUT2D eigenvalue weighted by Gasteiger charge is 2.37. The van der Waals surface area contributed by atoms with Crippen LogP contribution in [0.15, 0.2) is 71.5 Å². The van der Waals surface area contributed by atoms with Crippen LogP contribution in [-0.4, -0.2) is 20.5 Å². The van der Waals surface area contributed by atoms with Crippen LogP contribution in [0.5, 0.6) is 0 Å². The van der Waals surface area contributed by atoms with Gasteiger partial charge in [0.1, 0.15) is 5.82 Å². The smallest absolute Gasteiger partial charge is 0.308 e. The molecule has 2 heterocycles. The highest BCUT2D eigenvalue weighted by atomic mass is 19.2. The standard InChI is InChI=1S/C29H28F2N4O2/c1-3-9-20-12-7-8-13-24(20)33-29(37)35(18(2)19-10-5-4-6-11-19)26-14-15-34-27(26)32-25-17-23(31)22(30)16-21(25)28(34)36/h4-8,10-13,16-18,26H,3,9,14-15H2,1-2H3,(H,33,37). The molecule has 0 aliphatic carbocycles. The number of carbonyl (C=O) groups is 1. The Morgan fingerprint density at radius 3 is 2.57 bits per heavy atom. The molecule has 1 aromatic heterocycles. The second kappa shape index (κ2) is 10.1. The summed E-state index contributed by atoms with van der Waals surface area (Å²) in [5, 5.41) is 3.10. The van der Waals surface area contributed by atoms with Crippen LogP contribution in [0, 0.1) is 11.6 Å². The number of nitrogens with one attached hydrogen (secondary N) is 1. The lowest BCUT2D eigenvalue weighted by molar-refractivity contribution is 0.159. The molecule has 0 bridgehead atoms. The highest BCUT2D eigenvalue weighted by Crippen LogP contribution is 2.37. The summed E-state index contributed by atoms with van der Waals surface area (Å²) in [6.07, 6.45) is 2.21. The van der Waals surface area contributed by atoms with E-state index < -0.39 is 23.2 Å². The van der Waals surface area contributed by atoms with Crippen molar-refractivity contribution < 1.29 is 13.6 Å². The third-order valence-corrected chi connectivity index (χ3v) is 7.00. The van der Waals surface area contributed by atoms with Crippen LogP contribution in [0.25, 0.3) is 10.9 Å². The molecule has 3 aromatic carbocycles. The van der Waals surface area contributed by atoms with Crippen LogP contribution in [0.2, 0.25) is 0 Å². The molecule has 1 aliphatic heterocycles. The summed E-state index contributed by atoms with van der Waals surface area (Å²) >= 11 is 0. The Kier molecular flexibility index (Phi) is 6.74. The van der Waals surface area contributed by atoms with Crippen LogP contribution in [0.3, 0.4) is 0 Å². The van der Waals surface area contributed by atoms with E-state index in [0.29, 0.717) is 18.8 Å². The van der Waals surface area contributed by atoms with Gasteiger partial charge in [-0.05, 0) is 43.0 Å². The number of rotatable bonds is 6. The van der Waals surface area contributed by atoms with Crippen molar-refractivity contribution in [3.63, 3.8) is 0 Å². The van der Waals surface area contributed by atoms with Gasteiger partial charge < -0.3 is 10.2 Å². The molecule has 0 saturated carbocycles. The number of hydrogen-bond acceptors (Lipinski definition) is 3. The minimum absolute atomic E-state index is 0.0175. The Bertz CT molecular complexity index is 1520. The van der Waals surface area contributed by atoms with Gasteiger partial charge in [-0.25, -0.2) is 18.6 Å². The van der Waals surface area contributed by atoms with E-state index in [2.05, 4.69) is 17.2 Å². The van der Waals surface area contributed by atoms with E-state index in [-0.39, 0.29) is 23.0 Å². The molecule has 1 aliphatic rings. The van der Waals surface area contributed by atoms with Gasteiger partial charge in [0, 0.05) is 18.3 Å². The van der Waals surface area contributed by atoms with Crippen LogP contribution in [0.4, 0.5) is 19.3 Å². The number of para-hydroxylation sites is 1. The lowest BCUT2D eigenvalue weighted by atomic mass is 10.0. The van der Waals surface area contributed by atoms with Gasteiger partial charge in [0.2, 0.25) is 0 Å². The molecule has 0 spiro atoms. The summed E-state index contributed by atoms with van der Waals surface area (Å²) in [6, 6.07) is 17.9. The molecule has 0 saturated heterocycles. The van der Waals surface area contributed by atoms with Gasteiger partial charge in [0.15, 0.2) is 11.6 Å².